The molecule has 0 radical (unpaired) electrons. The molecule has 0 aliphatic rings. The molecule has 2 rings (SSSR count). The second kappa shape index (κ2) is 9.59. The molecule has 0 fully saturated rings. The Labute approximate surface area is 161 Å². The first-order valence-electron chi connectivity index (χ1n) is 7.96. The number of carbonyl (C=O) groups excluding carboxylic acids is 2. The van der Waals surface area contributed by atoms with Gasteiger partial charge < -0.3 is 19.5 Å². The van der Waals surface area contributed by atoms with Gasteiger partial charge in [0.1, 0.15) is 5.82 Å². The quantitative estimate of drug-likeness (QED) is 0.576. The lowest BCUT2D eigenvalue weighted by atomic mass is 10.2. The number of aromatic nitrogens is 1. The number of benzene rings is 1. The Hall–Kier alpha value is -3.06. The number of nitrogens with zero attached hydrogens (tertiary/aromatic N) is 1. The number of pyridine rings is 1. The third-order valence-corrected chi connectivity index (χ3v) is 3.68. The minimum atomic E-state index is -0.995. The fraction of sp³-hybridized carbons (Fsp3) is 0.211. The predicted molar refractivity (Wildman–Crippen MR) is 102 cm³/mol. The van der Waals surface area contributed by atoms with E-state index in [1.165, 1.54) is 33.4 Å². The van der Waals surface area contributed by atoms with Gasteiger partial charge in [-0.1, -0.05) is 17.7 Å². The van der Waals surface area contributed by atoms with Crippen molar-refractivity contribution in [2.45, 2.75) is 13.0 Å². The number of nitrogens with one attached hydrogen (secondary N) is 1. The number of carbonyl (C=O) groups is 2. The van der Waals surface area contributed by atoms with Crippen molar-refractivity contribution in [3.8, 4) is 11.5 Å². The van der Waals surface area contributed by atoms with Crippen molar-refractivity contribution < 1.29 is 23.8 Å². The molecule has 1 atom stereocenters. The number of hydrogen-bond acceptors (Lipinski definition) is 6. The lowest BCUT2D eigenvalue weighted by Crippen LogP contribution is -2.29. The summed E-state index contributed by atoms with van der Waals surface area (Å²) < 4.78 is 15.4. The highest BCUT2D eigenvalue weighted by Crippen LogP contribution is 2.27. The highest BCUT2D eigenvalue weighted by Gasteiger charge is 2.17. The minimum Gasteiger partial charge on any atom is -0.493 e. The van der Waals surface area contributed by atoms with Crippen LogP contribution in [0.4, 0.5) is 5.82 Å². The van der Waals surface area contributed by atoms with E-state index in [0.717, 1.165) is 0 Å². The largest absolute Gasteiger partial charge is 0.493 e. The first kappa shape index (κ1) is 20.3. The normalized spacial score (nSPS) is 11.7. The summed E-state index contributed by atoms with van der Waals surface area (Å²) >= 11 is 5.73. The Bertz CT molecular complexity index is 836. The van der Waals surface area contributed by atoms with E-state index >= 15 is 0 Å². The smallest absolute Gasteiger partial charge is 0.331 e. The molecule has 2 aromatic rings. The number of amides is 1. The molecular weight excluding hydrogens is 372 g/mol. The first-order chi connectivity index (χ1) is 12.9. The van der Waals surface area contributed by atoms with Crippen LogP contribution in [0.2, 0.25) is 5.02 Å². The summed E-state index contributed by atoms with van der Waals surface area (Å²) in [7, 11) is 3.06. The highest BCUT2D eigenvalue weighted by atomic mass is 35.5. The zero-order valence-electron chi connectivity index (χ0n) is 15.1. The number of methoxy groups -OCH3 is 2. The Morgan fingerprint density at radius 1 is 1.15 bits per heavy atom. The van der Waals surface area contributed by atoms with E-state index in [1.54, 1.807) is 36.4 Å². The molecule has 7 nitrogen and oxygen atoms in total. The summed E-state index contributed by atoms with van der Waals surface area (Å²) in [5.41, 5.74) is 0.715. The first-order valence-corrected chi connectivity index (χ1v) is 8.34. The highest BCUT2D eigenvalue weighted by molar-refractivity contribution is 6.30. The Kier molecular flexibility index (Phi) is 7.19. The van der Waals surface area contributed by atoms with Gasteiger partial charge in [0.05, 0.1) is 19.2 Å². The SMILES string of the molecule is COc1ccc(/C=C/C(=O)O[C@@H](C)C(=O)Nc2ccc(Cl)cn2)cc1OC. The van der Waals surface area contributed by atoms with Gasteiger partial charge in [-0.3, -0.25) is 4.79 Å². The summed E-state index contributed by atoms with van der Waals surface area (Å²) in [5.74, 6) is 0.275. The lowest BCUT2D eigenvalue weighted by molar-refractivity contribution is -0.148. The number of hydrogen-bond donors (Lipinski definition) is 1. The van der Waals surface area contributed by atoms with Gasteiger partial charge in [0.25, 0.3) is 5.91 Å². The van der Waals surface area contributed by atoms with Crippen LogP contribution in [0.25, 0.3) is 6.08 Å². The van der Waals surface area contributed by atoms with Gasteiger partial charge in [-0.2, -0.15) is 0 Å². The fourth-order valence-electron chi connectivity index (χ4n) is 2.07. The molecule has 0 saturated heterocycles. The van der Waals surface area contributed by atoms with Crippen molar-refractivity contribution in [1.29, 1.82) is 0 Å². The average Bonchev–Trinajstić information content (AvgIpc) is 2.67. The third kappa shape index (κ3) is 6.00. The number of anilines is 1. The molecule has 1 aromatic heterocycles. The summed E-state index contributed by atoms with van der Waals surface area (Å²) in [6.07, 6.45) is 3.19. The Morgan fingerprint density at radius 2 is 1.89 bits per heavy atom. The molecule has 0 aliphatic heterocycles. The van der Waals surface area contributed by atoms with Gasteiger partial charge >= 0.3 is 5.97 Å². The Morgan fingerprint density at radius 3 is 2.52 bits per heavy atom. The predicted octanol–water partition coefficient (Wildman–Crippen LogP) is 3.34. The maximum atomic E-state index is 12.0. The Balaban J connectivity index is 1.93. The molecule has 1 aromatic carbocycles. The summed E-state index contributed by atoms with van der Waals surface area (Å²) in [4.78, 5) is 27.9. The van der Waals surface area contributed by atoms with Crippen LogP contribution in [0.5, 0.6) is 11.5 Å². The van der Waals surface area contributed by atoms with E-state index in [2.05, 4.69) is 10.3 Å². The number of ether oxygens (including phenoxy) is 3. The fourth-order valence-corrected chi connectivity index (χ4v) is 2.18. The van der Waals surface area contributed by atoms with Crippen LogP contribution in [0.1, 0.15) is 12.5 Å². The van der Waals surface area contributed by atoms with Crippen LogP contribution >= 0.6 is 11.6 Å². The molecule has 142 valence electrons. The molecule has 27 heavy (non-hydrogen) atoms. The molecule has 1 heterocycles. The monoisotopic (exact) mass is 390 g/mol. The third-order valence-electron chi connectivity index (χ3n) is 3.46. The van der Waals surface area contributed by atoms with Gasteiger partial charge in [-0.25, -0.2) is 9.78 Å². The van der Waals surface area contributed by atoms with Crippen LogP contribution in [-0.2, 0) is 14.3 Å². The van der Waals surface area contributed by atoms with Crippen molar-refractivity contribution in [2.24, 2.45) is 0 Å². The topological polar surface area (TPSA) is 86.8 Å². The average molecular weight is 391 g/mol. The van der Waals surface area contributed by atoms with Gasteiger partial charge in [-0.15, -0.1) is 0 Å². The molecule has 1 N–H and O–H groups in total. The molecule has 1 amide bonds. The lowest BCUT2D eigenvalue weighted by Gasteiger charge is -2.12. The molecule has 0 aliphatic carbocycles. The van der Waals surface area contributed by atoms with Crippen LogP contribution in [0.3, 0.4) is 0 Å². The second-order valence-corrected chi connectivity index (χ2v) is 5.81. The van der Waals surface area contributed by atoms with E-state index in [1.807, 2.05) is 0 Å². The molecule has 0 unspecified atom stereocenters. The van der Waals surface area contributed by atoms with Gasteiger partial charge in [0, 0.05) is 12.3 Å². The molecular formula is C19H19ClN2O5. The molecule has 8 heteroatoms. The zero-order valence-corrected chi connectivity index (χ0v) is 15.8. The zero-order chi connectivity index (χ0) is 19.8. The number of halogens is 1. The van der Waals surface area contributed by atoms with Crippen molar-refractivity contribution in [1.82, 2.24) is 4.98 Å². The van der Waals surface area contributed by atoms with Crippen LogP contribution < -0.4 is 14.8 Å². The van der Waals surface area contributed by atoms with E-state index in [4.69, 9.17) is 25.8 Å². The van der Waals surface area contributed by atoms with Crippen LogP contribution in [0.15, 0.2) is 42.6 Å². The van der Waals surface area contributed by atoms with Crippen LogP contribution in [-0.4, -0.2) is 37.2 Å². The summed E-state index contributed by atoms with van der Waals surface area (Å²) in [6, 6.07) is 8.33. The number of esters is 1. The van der Waals surface area contributed by atoms with Gasteiger partial charge in [-0.05, 0) is 42.8 Å². The van der Waals surface area contributed by atoms with E-state index in [9.17, 15) is 9.59 Å². The maximum absolute atomic E-state index is 12.0. The van der Waals surface area contributed by atoms with E-state index in [0.29, 0.717) is 27.9 Å². The van der Waals surface area contributed by atoms with Crippen molar-refractivity contribution >= 4 is 35.4 Å². The van der Waals surface area contributed by atoms with Crippen molar-refractivity contribution in [2.75, 3.05) is 19.5 Å². The minimum absolute atomic E-state index is 0.313. The second-order valence-electron chi connectivity index (χ2n) is 5.38. The molecule has 0 saturated carbocycles. The summed E-state index contributed by atoms with van der Waals surface area (Å²) in [6.45, 7) is 1.47. The molecule has 0 bridgehead atoms. The van der Waals surface area contributed by atoms with Gasteiger partial charge in [0.2, 0.25) is 0 Å². The number of rotatable bonds is 7. The van der Waals surface area contributed by atoms with E-state index in [-0.39, 0.29) is 0 Å². The summed E-state index contributed by atoms with van der Waals surface area (Å²) in [5, 5.41) is 2.99. The van der Waals surface area contributed by atoms with Gasteiger partial charge in [0.15, 0.2) is 17.6 Å². The van der Waals surface area contributed by atoms with E-state index < -0.39 is 18.0 Å². The maximum Gasteiger partial charge on any atom is 0.331 e. The van der Waals surface area contributed by atoms with Crippen molar-refractivity contribution in [3.05, 3.63) is 53.2 Å². The molecule has 0 spiro atoms. The van der Waals surface area contributed by atoms with Crippen LogP contribution in [0, 0.1) is 0 Å². The van der Waals surface area contributed by atoms with Crippen molar-refractivity contribution in [3.63, 3.8) is 0 Å². The standard InChI is InChI=1S/C19H19ClN2O5/c1-12(19(24)22-17-8-6-14(20)11-21-17)27-18(23)9-5-13-4-7-15(25-2)16(10-13)26-3/h4-12H,1-3H3,(H,21,22,24)/b9-5+/t12-/m0/s1.